The Balaban J connectivity index is 2.16. The van der Waals surface area contributed by atoms with E-state index in [0.717, 1.165) is 11.1 Å². The van der Waals surface area contributed by atoms with Gasteiger partial charge < -0.3 is 18.9 Å². The quantitative estimate of drug-likeness (QED) is 0.197. The number of esters is 2. The van der Waals surface area contributed by atoms with Gasteiger partial charge in [0.25, 0.3) is 0 Å². The van der Waals surface area contributed by atoms with Crippen molar-refractivity contribution in [3.8, 4) is 11.5 Å². The van der Waals surface area contributed by atoms with Crippen LogP contribution in [-0.4, -0.2) is 63.2 Å². The number of carbonyl (C=O) groups is 2. The number of alkyl halides is 1. The van der Waals surface area contributed by atoms with Crippen LogP contribution in [0.2, 0.25) is 10.0 Å². The van der Waals surface area contributed by atoms with Crippen molar-refractivity contribution in [1.82, 2.24) is 0 Å². The molecule has 0 saturated heterocycles. The van der Waals surface area contributed by atoms with Gasteiger partial charge in [0.15, 0.2) is 9.84 Å². The highest BCUT2D eigenvalue weighted by molar-refractivity contribution is 7.91. The summed E-state index contributed by atoms with van der Waals surface area (Å²) in [5.41, 5.74) is 1.24. The molecule has 0 aromatic heterocycles. The first-order valence-corrected chi connectivity index (χ1v) is 15.3. The number of benzene rings is 2. The van der Waals surface area contributed by atoms with Gasteiger partial charge >= 0.3 is 11.9 Å². The minimum absolute atomic E-state index is 0.0608. The van der Waals surface area contributed by atoms with Crippen molar-refractivity contribution in [3.63, 3.8) is 0 Å². The molecule has 0 saturated carbocycles. The molecule has 0 radical (unpaired) electrons. The molecule has 0 fully saturated rings. The van der Waals surface area contributed by atoms with Crippen molar-refractivity contribution in [3.05, 3.63) is 57.6 Å². The molecule has 216 valence electrons. The highest BCUT2D eigenvalue weighted by Gasteiger charge is 2.26. The molecule has 0 aliphatic heterocycles. The summed E-state index contributed by atoms with van der Waals surface area (Å²) >= 11 is 18.8. The molecule has 0 bridgehead atoms. The third kappa shape index (κ3) is 10.0. The van der Waals surface area contributed by atoms with E-state index in [4.69, 9.17) is 53.8 Å². The van der Waals surface area contributed by atoms with E-state index in [0.29, 0.717) is 21.5 Å². The zero-order valence-electron chi connectivity index (χ0n) is 22.5. The van der Waals surface area contributed by atoms with Crippen molar-refractivity contribution in [2.75, 3.05) is 30.6 Å². The van der Waals surface area contributed by atoms with Crippen LogP contribution >= 0.6 is 34.8 Å². The van der Waals surface area contributed by atoms with Gasteiger partial charge in [0.2, 0.25) is 0 Å². The molecule has 0 aliphatic carbocycles. The molecule has 39 heavy (non-hydrogen) atoms. The maximum Gasteiger partial charge on any atom is 0.303 e. The van der Waals surface area contributed by atoms with E-state index in [-0.39, 0.29) is 30.6 Å². The lowest BCUT2D eigenvalue weighted by molar-refractivity contribution is -0.147. The van der Waals surface area contributed by atoms with Crippen molar-refractivity contribution in [1.29, 1.82) is 0 Å². The topological polar surface area (TPSA) is 105 Å². The van der Waals surface area contributed by atoms with Gasteiger partial charge in [-0.3, -0.25) is 9.59 Å². The van der Waals surface area contributed by atoms with E-state index in [1.807, 2.05) is 26.0 Å². The number of ether oxygens (including phenoxy) is 4. The average Bonchev–Trinajstić information content (AvgIpc) is 2.85. The smallest absolute Gasteiger partial charge is 0.303 e. The van der Waals surface area contributed by atoms with Crippen LogP contribution in [0, 0.1) is 0 Å². The molecule has 2 rings (SSSR count). The number of sulfone groups is 1. The fourth-order valence-electron chi connectivity index (χ4n) is 3.64. The summed E-state index contributed by atoms with van der Waals surface area (Å²) < 4.78 is 45.7. The van der Waals surface area contributed by atoms with Gasteiger partial charge in [-0.05, 0) is 35.4 Å². The minimum atomic E-state index is -3.39. The summed E-state index contributed by atoms with van der Waals surface area (Å²) in [6.07, 6.45) is -1.56. The molecule has 0 N–H and O–H groups in total. The molecular weight excluding hydrogens is 591 g/mol. The summed E-state index contributed by atoms with van der Waals surface area (Å²) in [6.45, 7) is 7.93. The standard InChI is InChI=1S/C27H33Cl3O8S/c1-6-39(33,34)16-22(38-18(3)32)15-36-26-10-8-20(12-24(26)30)27(4,5)19-7-9-25(23(29)11-19)35-14-21(13-28)37-17(2)31/h7-12,21-22H,6,13-16H2,1-5H3. The molecule has 2 aromatic rings. The maximum atomic E-state index is 12.0. The lowest BCUT2D eigenvalue weighted by Gasteiger charge is -2.27. The average molecular weight is 624 g/mol. The van der Waals surface area contributed by atoms with Crippen LogP contribution in [0.15, 0.2) is 36.4 Å². The lowest BCUT2D eigenvalue weighted by Crippen LogP contribution is -2.32. The SMILES string of the molecule is CCS(=O)(=O)CC(COc1ccc(C(C)(C)c2ccc(OCC(CCl)OC(C)=O)c(Cl)c2)cc1Cl)OC(C)=O. The highest BCUT2D eigenvalue weighted by Crippen LogP contribution is 2.38. The van der Waals surface area contributed by atoms with E-state index in [2.05, 4.69) is 0 Å². The van der Waals surface area contributed by atoms with E-state index >= 15 is 0 Å². The van der Waals surface area contributed by atoms with Crippen LogP contribution < -0.4 is 9.47 Å². The zero-order valence-corrected chi connectivity index (χ0v) is 25.5. The molecule has 0 heterocycles. The third-order valence-corrected chi connectivity index (χ3v) is 8.57. The van der Waals surface area contributed by atoms with Crippen molar-refractivity contribution >= 4 is 56.6 Å². The number of carbonyl (C=O) groups excluding carboxylic acids is 2. The summed E-state index contributed by atoms with van der Waals surface area (Å²) in [7, 11) is -3.39. The van der Waals surface area contributed by atoms with Crippen LogP contribution in [0.4, 0.5) is 0 Å². The zero-order chi connectivity index (χ0) is 29.4. The van der Waals surface area contributed by atoms with E-state index in [9.17, 15) is 18.0 Å². The second-order valence-electron chi connectivity index (χ2n) is 9.35. The minimum Gasteiger partial charge on any atom is -0.488 e. The van der Waals surface area contributed by atoms with Gasteiger partial charge in [-0.15, -0.1) is 11.6 Å². The molecule has 12 heteroatoms. The van der Waals surface area contributed by atoms with Crippen LogP contribution in [0.3, 0.4) is 0 Å². The fourth-order valence-corrected chi connectivity index (χ4v) is 5.23. The first kappa shape index (κ1) is 33.0. The summed E-state index contributed by atoms with van der Waals surface area (Å²) in [4.78, 5) is 22.6. The van der Waals surface area contributed by atoms with Crippen LogP contribution in [0.25, 0.3) is 0 Å². The van der Waals surface area contributed by atoms with Gasteiger partial charge in [-0.2, -0.15) is 0 Å². The van der Waals surface area contributed by atoms with Crippen LogP contribution in [-0.2, 0) is 34.3 Å². The van der Waals surface area contributed by atoms with E-state index in [1.165, 1.54) is 20.8 Å². The van der Waals surface area contributed by atoms with Crippen molar-refractivity contribution in [2.45, 2.75) is 52.2 Å². The summed E-state index contributed by atoms with van der Waals surface area (Å²) in [6, 6.07) is 10.7. The Labute approximate surface area is 244 Å². The second kappa shape index (κ2) is 14.4. The Morgan fingerprint density at radius 2 is 1.28 bits per heavy atom. The van der Waals surface area contributed by atoms with Crippen LogP contribution in [0.1, 0.15) is 45.7 Å². The van der Waals surface area contributed by atoms with E-state index in [1.54, 1.807) is 24.3 Å². The molecule has 0 amide bonds. The largest absolute Gasteiger partial charge is 0.488 e. The molecule has 8 nitrogen and oxygen atoms in total. The fraction of sp³-hybridized carbons (Fsp3) is 0.481. The molecule has 2 atom stereocenters. The number of rotatable bonds is 14. The predicted octanol–water partition coefficient (Wildman–Crippen LogP) is 5.61. The van der Waals surface area contributed by atoms with Crippen molar-refractivity contribution < 1.29 is 37.0 Å². The van der Waals surface area contributed by atoms with Crippen LogP contribution in [0.5, 0.6) is 11.5 Å². The molecular formula is C27H33Cl3O8S. The molecule has 2 aromatic carbocycles. The summed E-state index contributed by atoms with van der Waals surface area (Å²) in [5.74, 6) is -0.631. The monoisotopic (exact) mass is 622 g/mol. The Morgan fingerprint density at radius 1 is 0.846 bits per heavy atom. The van der Waals surface area contributed by atoms with Gasteiger partial charge in [-0.25, -0.2) is 8.42 Å². The van der Waals surface area contributed by atoms with Gasteiger partial charge in [0.05, 0.1) is 21.7 Å². The Morgan fingerprint density at radius 3 is 1.67 bits per heavy atom. The first-order chi connectivity index (χ1) is 18.2. The second-order valence-corrected chi connectivity index (χ2v) is 12.9. The normalized spacial score (nSPS) is 13.3. The van der Waals surface area contributed by atoms with Gasteiger partial charge in [-0.1, -0.05) is 56.1 Å². The Bertz CT molecular complexity index is 1260. The van der Waals surface area contributed by atoms with E-state index < -0.39 is 39.4 Å². The molecule has 0 aliphatic rings. The number of halogens is 3. The Hall–Kier alpha value is -2.20. The number of hydrogen-bond donors (Lipinski definition) is 0. The third-order valence-electron chi connectivity index (χ3n) is 5.87. The molecule has 2 unspecified atom stereocenters. The Kier molecular flexibility index (Phi) is 12.2. The van der Waals surface area contributed by atoms with Gasteiger partial charge in [0.1, 0.15) is 36.9 Å². The highest BCUT2D eigenvalue weighted by atomic mass is 35.5. The summed E-state index contributed by atoms with van der Waals surface area (Å²) in [5, 5.41) is 0.686. The molecule has 0 spiro atoms. The lowest BCUT2D eigenvalue weighted by atomic mass is 9.78. The first-order valence-electron chi connectivity index (χ1n) is 12.1. The predicted molar refractivity (Wildman–Crippen MR) is 152 cm³/mol. The number of hydrogen-bond acceptors (Lipinski definition) is 8. The van der Waals surface area contributed by atoms with Gasteiger partial charge in [0, 0.05) is 25.0 Å². The maximum absolute atomic E-state index is 12.0. The van der Waals surface area contributed by atoms with Crippen molar-refractivity contribution in [2.24, 2.45) is 0 Å².